The Labute approximate surface area is 129 Å². The lowest BCUT2D eigenvalue weighted by Gasteiger charge is -2.11. The Morgan fingerprint density at radius 3 is 2.36 bits per heavy atom. The fourth-order valence-corrected chi connectivity index (χ4v) is 2.89. The number of carbonyl (C=O) groups excluding carboxylic acids is 1. The minimum Gasteiger partial charge on any atom is -0.484 e. The summed E-state index contributed by atoms with van der Waals surface area (Å²) in [6.07, 6.45) is 0. The third-order valence-corrected chi connectivity index (χ3v) is 4.29. The molecule has 0 bridgehead atoms. The van der Waals surface area contributed by atoms with Gasteiger partial charge in [-0.25, -0.2) is 8.42 Å². The highest BCUT2D eigenvalue weighted by atomic mass is 32.2. The van der Waals surface area contributed by atoms with Crippen LogP contribution < -0.4 is 15.2 Å². The van der Waals surface area contributed by atoms with Crippen LogP contribution in [0.15, 0.2) is 53.4 Å². The Morgan fingerprint density at radius 1 is 1.14 bits per heavy atom. The van der Waals surface area contributed by atoms with Gasteiger partial charge in [-0.1, -0.05) is 18.2 Å². The molecule has 0 saturated carbocycles. The minimum absolute atomic E-state index is 0.0992. The Bertz CT molecular complexity index is 770. The van der Waals surface area contributed by atoms with Gasteiger partial charge in [-0.2, -0.15) is 0 Å². The maximum Gasteiger partial charge on any atom is 0.261 e. The summed E-state index contributed by atoms with van der Waals surface area (Å²) in [7, 11) is -3.68. The molecule has 0 aliphatic rings. The summed E-state index contributed by atoms with van der Waals surface area (Å²) in [6, 6.07) is 12.8. The summed E-state index contributed by atoms with van der Waals surface area (Å²) in [5.41, 5.74) is 6.32. The van der Waals surface area contributed by atoms with Crippen LogP contribution in [-0.2, 0) is 14.8 Å². The third-order valence-electron chi connectivity index (χ3n) is 2.90. The molecule has 116 valence electrons. The number of carbonyl (C=O) groups is 1. The molecule has 0 fully saturated rings. The van der Waals surface area contributed by atoms with Gasteiger partial charge < -0.3 is 10.5 Å². The highest BCUT2D eigenvalue weighted by Crippen LogP contribution is 2.21. The van der Waals surface area contributed by atoms with Gasteiger partial charge >= 0.3 is 0 Å². The molecular weight excluding hydrogens is 304 g/mol. The smallest absolute Gasteiger partial charge is 0.261 e. The van der Waals surface area contributed by atoms with E-state index in [0.717, 1.165) is 5.56 Å². The molecule has 0 saturated heterocycles. The number of nitrogens with one attached hydrogen (secondary N) is 1. The van der Waals surface area contributed by atoms with E-state index in [1.807, 2.05) is 19.1 Å². The minimum atomic E-state index is -3.68. The first kappa shape index (κ1) is 15.8. The van der Waals surface area contributed by atoms with E-state index in [4.69, 9.17) is 10.5 Å². The van der Waals surface area contributed by atoms with E-state index in [1.54, 1.807) is 12.1 Å². The van der Waals surface area contributed by atoms with Crippen LogP contribution in [0.5, 0.6) is 5.75 Å². The van der Waals surface area contributed by atoms with Crippen LogP contribution in [0.3, 0.4) is 0 Å². The Morgan fingerprint density at radius 2 is 1.77 bits per heavy atom. The van der Waals surface area contributed by atoms with Crippen molar-refractivity contribution in [1.82, 2.24) is 0 Å². The number of primary amides is 1. The summed E-state index contributed by atoms with van der Waals surface area (Å²) >= 11 is 0. The largest absolute Gasteiger partial charge is 0.484 e. The molecule has 0 aliphatic carbocycles. The van der Waals surface area contributed by atoms with Crippen molar-refractivity contribution in [2.45, 2.75) is 11.8 Å². The maximum atomic E-state index is 12.3. The molecular formula is C15H16N2O4S. The van der Waals surface area contributed by atoms with Gasteiger partial charge in [0.2, 0.25) is 0 Å². The lowest BCUT2D eigenvalue weighted by atomic mass is 10.2. The lowest BCUT2D eigenvalue weighted by molar-refractivity contribution is -0.119. The summed E-state index contributed by atoms with van der Waals surface area (Å²) in [6.45, 7) is 1.56. The van der Waals surface area contributed by atoms with E-state index >= 15 is 0 Å². The number of para-hydroxylation sites is 1. The van der Waals surface area contributed by atoms with Crippen molar-refractivity contribution in [1.29, 1.82) is 0 Å². The van der Waals surface area contributed by atoms with Crippen LogP contribution in [0.25, 0.3) is 0 Å². The second-order valence-corrected chi connectivity index (χ2v) is 6.33. The number of aryl methyl sites for hydroxylation is 1. The van der Waals surface area contributed by atoms with Crippen LogP contribution in [0, 0.1) is 6.92 Å². The zero-order valence-electron chi connectivity index (χ0n) is 11.9. The standard InChI is InChI=1S/C15H16N2O4S/c1-11-4-2-3-5-14(11)17-22(19,20)13-8-6-12(7-9-13)21-10-15(16)18/h2-9,17H,10H2,1H3,(H2,16,18). The van der Waals surface area contributed by atoms with Gasteiger partial charge in [-0.3, -0.25) is 9.52 Å². The van der Waals surface area contributed by atoms with E-state index in [0.29, 0.717) is 11.4 Å². The quantitative estimate of drug-likeness (QED) is 0.845. The molecule has 2 aromatic carbocycles. The average Bonchev–Trinajstić information content (AvgIpc) is 2.48. The molecule has 0 unspecified atom stereocenters. The number of hydrogen-bond donors (Lipinski definition) is 2. The molecule has 6 nitrogen and oxygen atoms in total. The highest BCUT2D eigenvalue weighted by molar-refractivity contribution is 7.92. The topological polar surface area (TPSA) is 98.5 Å². The van der Waals surface area contributed by atoms with Gasteiger partial charge in [-0.05, 0) is 42.8 Å². The Balaban J connectivity index is 2.16. The van der Waals surface area contributed by atoms with E-state index in [9.17, 15) is 13.2 Å². The first-order chi connectivity index (χ1) is 10.4. The second kappa shape index (κ2) is 6.48. The number of hydrogen-bond acceptors (Lipinski definition) is 4. The molecule has 22 heavy (non-hydrogen) atoms. The molecule has 0 aromatic heterocycles. The molecule has 0 aliphatic heterocycles. The van der Waals surface area contributed by atoms with E-state index in [1.165, 1.54) is 24.3 Å². The number of benzene rings is 2. The highest BCUT2D eigenvalue weighted by Gasteiger charge is 2.15. The van der Waals surface area contributed by atoms with Crippen molar-refractivity contribution < 1.29 is 17.9 Å². The summed E-state index contributed by atoms with van der Waals surface area (Å²) in [5, 5.41) is 0. The van der Waals surface area contributed by atoms with Gasteiger partial charge in [0, 0.05) is 0 Å². The van der Waals surface area contributed by atoms with Gasteiger partial charge in [0.15, 0.2) is 6.61 Å². The molecule has 1 amide bonds. The van der Waals surface area contributed by atoms with Gasteiger partial charge in [0.25, 0.3) is 15.9 Å². The summed E-state index contributed by atoms with van der Waals surface area (Å²) in [5.74, 6) is -0.230. The lowest BCUT2D eigenvalue weighted by Crippen LogP contribution is -2.20. The summed E-state index contributed by atoms with van der Waals surface area (Å²) < 4.78 is 32.2. The normalized spacial score (nSPS) is 11.0. The van der Waals surface area contributed by atoms with Crippen molar-refractivity contribution in [2.24, 2.45) is 5.73 Å². The van der Waals surface area contributed by atoms with Gasteiger partial charge in [-0.15, -0.1) is 0 Å². The molecule has 0 radical (unpaired) electrons. The average molecular weight is 320 g/mol. The zero-order chi connectivity index (χ0) is 16.2. The van der Waals surface area contributed by atoms with Crippen molar-refractivity contribution in [3.05, 3.63) is 54.1 Å². The summed E-state index contributed by atoms with van der Waals surface area (Å²) in [4.78, 5) is 10.7. The van der Waals surface area contributed by atoms with Crippen molar-refractivity contribution in [3.8, 4) is 5.75 Å². The molecule has 0 heterocycles. The molecule has 0 spiro atoms. The van der Waals surface area contributed by atoms with Crippen LogP contribution in [0.2, 0.25) is 0 Å². The predicted molar refractivity (Wildman–Crippen MR) is 83.1 cm³/mol. The Hall–Kier alpha value is -2.54. The second-order valence-electron chi connectivity index (χ2n) is 4.65. The number of nitrogens with two attached hydrogens (primary N) is 1. The molecule has 3 N–H and O–H groups in total. The Kier molecular flexibility index (Phi) is 4.67. The number of sulfonamides is 1. The number of ether oxygens (including phenoxy) is 1. The first-order valence-electron chi connectivity index (χ1n) is 6.48. The van der Waals surface area contributed by atoms with E-state index < -0.39 is 15.9 Å². The zero-order valence-corrected chi connectivity index (χ0v) is 12.8. The van der Waals surface area contributed by atoms with Crippen LogP contribution in [0.1, 0.15) is 5.56 Å². The third kappa shape index (κ3) is 3.98. The van der Waals surface area contributed by atoms with Gasteiger partial charge in [0.1, 0.15) is 5.75 Å². The van der Waals surface area contributed by atoms with Crippen molar-refractivity contribution >= 4 is 21.6 Å². The van der Waals surface area contributed by atoms with Crippen LogP contribution >= 0.6 is 0 Å². The molecule has 2 rings (SSSR count). The fraction of sp³-hybridized carbons (Fsp3) is 0.133. The maximum absolute atomic E-state index is 12.3. The molecule has 0 atom stereocenters. The SMILES string of the molecule is Cc1ccccc1NS(=O)(=O)c1ccc(OCC(N)=O)cc1. The number of rotatable bonds is 6. The van der Waals surface area contributed by atoms with Crippen molar-refractivity contribution in [3.63, 3.8) is 0 Å². The van der Waals surface area contributed by atoms with Crippen molar-refractivity contribution in [2.75, 3.05) is 11.3 Å². The fourth-order valence-electron chi connectivity index (χ4n) is 1.76. The number of amides is 1. The number of anilines is 1. The van der Waals surface area contributed by atoms with Crippen LogP contribution in [-0.4, -0.2) is 20.9 Å². The first-order valence-corrected chi connectivity index (χ1v) is 7.96. The van der Waals surface area contributed by atoms with Gasteiger partial charge in [0.05, 0.1) is 10.6 Å². The van der Waals surface area contributed by atoms with E-state index in [-0.39, 0.29) is 11.5 Å². The van der Waals surface area contributed by atoms with Crippen LogP contribution in [0.4, 0.5) is 5.69 Å². The monoisotopic (exact) mass is 320 g/mol. The predicted octanol–water partition coefficient (Wildman–Crippen LogP) is 1.66. The molecule has 7 heteroatoms. The molecule has 2 aromatic rings. The van der Waals surface area contributed by atoms with E-state index in [2.05, 4.69) is 4.72 Å².